The van der Waals surface area contributed by atoms with Gasteiger partial charge in [-0.15, -0.1) is 0 Å². The van der Waals surface area contributed by atoms with Crippen molar-refractivity contribution >= 4 is 11.7 Å². The third kappa shape index (κ3) is 1.40. The zero-order valence-electron chi connectivity index (χ0n) is 6.40. The van der Waals surface area contributed by atoms with Gasteiger partial charge in [-0.2, -0.15) is 0 Å². The number of nitrogens with zero attached hydrogens (tertiary/aromatic N) is 2. The van der Waals surface area contributed by atoms with Gasteiger partial charge in [0.15, 0.2) is 0 Å². The summed E-state index contributed by atoms with van der Waals surface area (Å²) in [5, 5.41) is 8.55. The second-order valence-corrected chi connectivity index (χ2v) is 2.25. The zero-order valence-corrected chi connectivity index (χ0v) is 6.40. The SMILES string of the molecule is [C-]#[N+]c1cc(C(=O)O)cnc1C. The summed E-state index contributed by atoms with van der Waals surface area (Å²) in [6.45, 7) is 8.38. The summed E-state index contributed by atoms with van der Waals surface area (Å²) < 4.78 is 0. The second kappa shape index (κ2) is 3.01. The lowest BCUT2D eigenvalue weighted by atomic mass is 10.2. The lowest BCUT2D eigenvalue weighted by Gasteiger charge is -1.97. The number of carbonyl (C=O) groups is 1. The molecule has 1 rings (SSSR count). The molecule has 0 fully saturated rings. The fraction of sp³-hybridized carbons (Fsp3) is 0.125. The molecule has 4 heteroatoms. The Hall–Kier alpha value is -1.89. The van der Waals surface area contributed by atoms with Gasteiger partial charge in [0.25, 0.3) is 0 Å². The number of rotatable bonds is 1. The molecule has 4 nitrogen and oxygen atoms in total. The molecule has 0 aliphatic rings. The number of aromatic carboxylic acids is 1. The van der Waals surface area contributed by atoms with Crippen LogP contribution in [0.15, 0.2) is 12.3 Å². The molecule has 1 aromatic heterocycles. The molecular weight excluding hydrogens is 156 g/mol. The van der Waals surface area contributed by atoms with E-state index in [4.69, 9.17) is 11.7 Å². The fourth-order valence-corrected chi connectivity index (χ4v) is 0.752. The number of aryl methyl sites for hydroxylation is 1. The first kappa shape index (κ1) is 8.21. The van der Waals surface area contributed by atoms with E-state index in [1.165, 1.54) is 12.3 Å². The van der Waals surface area contributed by atoms with Gasteiger partial charge in [-0.25, -0.2) is 9.64 Å². The van der Waals surface area contributed by atoms with Gasteiger partial charge in [0, 0.05) is 11.9 Å². The lowest BCUT2D eigenvalue weighted by molar-refractivity contribution is 0.0696. The van der Waals surface area contributed by atoms with Crippen molar-refractivity contribution in [3.8, 4) is 0 Å². The summed E-state index contributed by atoms with van der Waals surface area (Å²) in [4.78, 5) is 17.4. The number of carboxylic acid groups (broad SMARTS) is 1. The van der Waals surface area contributed by atoms with Crippen molar-refractivity contribution in [1.29, 1.82) is 0 Å². The maximum absolute atomic E-state index is 10.4. The molecule has 1 N–H and O–H groups in total. The minimum atomic E-state index is -1.06. The topological polar surface area (TPSA) is 54.5 Å². The summed E-state index contributed by atoms with van der Waals surface area (Å²) >= 11 is 0. The summed E-state index contributed by atoms with van der Waals surface area (Å²) in [5.41, 5.74) is 0.886. The Kier molecular flexibility index (Phi) is 2.06. The van der Waals surface area contributed by atoms with Gasteiger partial charge < -0.3 is 5.11 Å². The highest BCUT2D eigenvalue weighted by atomic mass is 16.4. The number of carboxylic acids is 1. The van der Waals surface area contributed by atoms with Gasteiger partial charge in [-0.05, 0) is 13.0 Å². The van der Waals surface area contributed by atoms with Crippen molar-refractivity contribution in [1.82, 2.24) is 4.98 Å². The molecule has 0 amide bonds. The molecule has 0 saturated carbocycles. The van der Waals surface area contributed by atoms with Crippen molar-refractivity contribution < 1.29 is 9.90 Å². The summed E-state index contributed by atoms with van der Waals surface area (Å²) in [6, 6.07) is 1.32. The van der Waals surface area contributed by atoms with Crippen LogP contribution in [-0.4, -0.2) is 16.1 Å². The highest BCUT2D eigenvalue weighted by molar-refractivity contribution is 5.88. The molecule has 1 aromatic rings. The number of pyridine rings is 1. The van der Waals surface area contributed by atoms with E-state index in [1.807, 2.05) is 0 Å². The van der Waals surface area contributed by atoms with E-state index in [9.17, 15) is 4.79 Å². The fourth-order valence-electron chi connectivity index (χ4n) is 0.752. The number of aromatic nitrogens is 1. The summed E-state index contributed by atoms with van der Waals surface area (Å²) in [5.74, 6) is -1.06. The van der Waals surface area contributed by atoms with E-state index in [1.54, 1.807) is 6.92 Å². The normalized spacial score (nSPS) is 9.00. The summed E-state index contributed by atoms with van der Waals surface area (Å²) in [7, 11) is 0. The van der Waals surface area contributed by atoms with Crippen molar-refractivity contribution in [2.75, 3.05) is 0 Å². The van der Waals surface area contributed by atoms with Crippen LogP contribution < -0.4 is 0 Å². The van der Waals surface area contributed by atoms with Crippen LogP contribution in [0.5, 0.6) is 0 Å². The van der Waals surface area contributed by atoms with Crippen LogP contribution in [0.4, 0.5) is 5.69 Å². The molecule has 0 atom stereocenters. The quantitative estimate of drug-likeness (QED) is 0.638. The molecule has 0 aliphatic heterocycles. The predicted molar refractivity (Wildman–Crippen MR) is 42.2 cm³/mol. The van der Waals surface area contributed by atoms with E-state index in [0.29, 0.717) is 5.69 Å². The van der Waals surface area contributed by atoms with E-state index in [2.05, 4.69) is 9.83 Å². The van der Waals surface area contributed by atoms with E-state index in [-0.39, 0.29) is 11.3 Å². The van der Waals surface area contributed by atoms with Crippen LogP contribution in [-0.2, 0) is 0 Å². The van der Waals surface area contributed by atoms with Gasteiger partial charge in [0.2, 0.25) is 5.69 Å². The molecule has 0 aliphatic carbocycles. The van der Waals surface area contributed by atoms with Gasteiger partial charge in [0.05, 0.1) is 12.1 Å². The molecule has 1 heterocycles. The van der Waals surface area contributed by atoms with Crippen molar-refractivity contribution in [2.45, 2.75) is 6.92 Å². The van der Waals surface area contributed by atoms with Gasteiger partial charge in [-0.1, -0.05) is 0 Å². The molecule has 0 aromatic carbocycles. The summed E-state index contributed by atoms with van der Waals surface area (Å²) in [6.07, 6.45) is 1.24. The first-order valence-corrected chi connectivity index (χ1v) is 3.22. The van der Waals surface area contributed by atoms with Crippen LogP contribution in [0.2, 0.25) is 0 Å². The maximum Gasteiger partial charge on any atom is 0.335 e. The molecule has 12 heavy (non-hydrogen) atoms. The Morgan fingerprint density at radius 2 is 2.42 bits per heavy atom. The molecule has 0 unspecified atom stereocenters. The average molecular weight is 162 g/mol. The molecule has 0 spiro atoms. The Morgan fingerprint density at radius 3 is 2.92 bits per heavy atom. The van der Waals surface area contributed by atoms with Gasteiger partial charge in [-0.3, -0.25) is 4.98 Å². The average Bonchev–Trinajstić information content (AvgIpc) is 2.05. The largest absolute Gasteiger partial charge is 0.478 e. The van der Waals surface area contributed by atoms with Crippen LogP contribution in [0.1, 0.15) is 16.1 Å². The Balaban J connectivity index is 3.25. The van der Waals surface area contributed by atoms with E-state index >= 15 is 0 Å². The zero-order chi connectivity index (χ0) is 9.14. The second-order valence-electron chi connectivity index (χ2n) is 2.25. The minimum Gasteiger partial charge on any atom is -0.478 e. The van der Waals surface area contributed by atoms with Crippen LogP contribution in [0.25, 0.3) is 4.85 Å². The van der Waals surface area contributed by atoms with Gasteiger partial charge in [0.1, 0.15) is 0 Å². The van der Waals surface area contributed by atoms with E-state index < -0.39 is 5.97 Å². The molecule has 0 saturated heterocycles. The lowest BCUT2D eigenvalue weighted by Crippen LogP contribution is -1.97. The third-order valence-corrected chi connectivity index (χ3v) is 1.43. The highest BCUT2D eigenvalue weighted by Gasteiger charge is 2.06. The van der Waals surface area contributed by atoms with E-state index in [0.717, 1.165) is 0 Å². The monoisotopic (exact) mass is 162 g/mol. The van der Waals surface area contributed by atoms with Crippen LogP contribution >= 0.6 is 0 Å². The smallest absolute Gasteiger partial charge is 0.335 e. The van der Waals surface area contributed by atoms with Crippen molar-refractivity contribution in [3.63, 3.8) is 0 Å². The maximum atomic E-state index is 10.4. The van der Waals surface area contributed by atoms with Crippen LogP contribution in [0, 0.1) is 13.5 Å². The number of hydrogen-bond acceptors (Lipinski definition) is 2. The first-order valence-electron chi connectivity index (χ1n) is 3.22. The Bertz CT molecular complexity index is 366. The Morgan fingerprint density at radius 1 is 1.75 bits per heavy atom. The third-order valence-electron chi connectivity index (χ3n) is 1.43. The molecular formula is C8H6N2O2. The standard InChI is InChI=1S/C8H6N2O2/c1-5-7(9-2)3-6(4-10-5)8(11)12/h3-4H,1H3,(H,11,12). The Labute approximate surface area is 69.3 Å². The molecule has 60 valence electrons. The molecule has 0 bridgehead atoms. The molecule has 0 radical (unpaired) electrons. The predicted octanol–water partition coefficient (Wildman–Crippen LogP) is 1.64. The van der Waals surface area contributed by atoms with Crippen LogP contribution in [0.3, 0.4) is 0 Å². The number of hydrogen-bond donors (Lipinski definition) is 1. The first-order chi connectivity index (χ1) is 5.65. The van der Waals surface area contributed by atoms with Crippen molar-refractivity contribution in [2.24, 2.45) is 0 Å². The van der Waals surface area contributed by atoms with Gasteiger partial charge >= 0.3 is 5.97 Å². The minimum absolute atomic E-state index is 0.0478. The van der Waals surface area contributed by atoms with Crippen molar-refractivity contribution in [3.05, 3.63) is 34.9 Å². The highest BCUT2D eigenvalue weighted by Crippen LogP contribution is 2.16.